The summed E-state index contributed by atoms with van der Waals surface area (Å²) in [5.41, 5.74) is 1.26. The van der Waals surface area contributed by atoms with E-state index >= 15 is 0 Å². The quantitative estimate of drug-likeness (QED) is 0.832. The van der Waals surface area contributed by atoms with E-state index in [1.54, 1.807) is 13.3 Å². The summed E-state index contributed by atoms with van der Waals surface area (Å²) in [6.07, 6.45) is 8.84. The van der Waals surface area contributed by atoms with E-state index in [1.807, 2.05) is 6.20 Å². The predicted octanol–water partition coefficient (Wildman–Crippen LogP) is 3.66. The summed E-state index contributed by atoms with van der Waals surface area (Å²) in [5, 5.41) is 3.68. The van der Waals surface area contributed by atoms with E-state index in [-0.39, 0.29) is 0 Å². The molecule has 1 unspecified atom stereocenters. The summed E-state index contributed by atoms with van der Waals surface area (Å²) < 4.78 is 5.31. The van der Waals surface area contributed by atoms with Crippen molar-refractivity contribution < 1.29 is 4.74 Å². The number of ether oxygens (including phenoxy) is 1. The highest BCUT2D eigenvalue weighted by Gasteiger charge is 2.20. The fourth-order valence-electron chi connectivity index (χ4n) is 2.71. The van der Waals surface area contributed by atoms with Crippen molar-refractivity contribution in [3.05, 3.63) is 24.0 Å². The molecule has 0 radical (unpaired) electrons. The second-order valence-corrected chi connectivity index (χ2v) is 6.68. The summed E-state index contributed by atoms with van der Waals surface area (Å²) >= 11 is 2.09. The molecule has 0 saturated carbocycles. The van der Waals surface area contributed by atoms with Crippen molar-refractivity contribution in [2.45, 2.75) is 38.6 Å². The number of hydrogen-bond acceptors (Lipinski definition) is 4. The van der Waals surface area contributed by atoms with Crippen molar-refractivity contribution in [1.82, 2.24) is 10.3 Å². The van der Waals surface area contributed by atoms with E-state index < -0.39 is 0 Å². The first-order valence-electron chi connectivity index (χ1n) is 7.63. The number of methoxy groups -OCH3 is 1. The highest BCUT2D eigenvalue weighted by atomic mass is 32.2. The van der Waals surface area contributed by atoms with Gasteiger partial charge in [-0.1, -0.05) is 6.92 Å². The smallest absolute Gasteiger partial charge is 0.137 e. The summed E-state index contributed by atoms with van der Waals surface area (Å²) in [5.74, 6) is 4.34. The van der Waals surface area contributed by atoms with E-state index in [0.29, 0.717) is 6.04 Å². The molecule has 2 rings (SSSR count). The van der Waals surface area contributed by atoms with Gasteiger partial charge in [0.15, 0.2) is 0 Å². The Morgan fingerprint density at radius 1 is 1.40 bits per heavy atom. The van der Waals surface area contributed by atoms with Crippen LogP contribution in [0, 0.1) is 5.92 Å². The average molecular weight is 294 g/mol. The van der Waals surface area contributed by atoms with Gasteiger partial charge in [-0.15, -0.1) is 0 Å². The third-order valence-electron chi connectivity index (χ3n) is 3.92. The van der Waals surface area contributed by atoms with Crippen LogP contribution in [0.15, 0.2) is 18.5 Å². The van der Waals surface area contributed by atoms with Gasteiger partial charge in [0.2, 0.25) is 0 Å². The molecular formula is C16H26N2OS. The minimum absolute atomic E-state index is 0.408. The Kier molecular flexibility index (Phi) is 6.67. The molecule has 1 fully saturated rings. The molecule has 1 N–H and O–H groups in total. The molecule has 0 amide bonds. The van der Waals surface area contributed by atoms with Gasteiger partial charge < -0.3 is 10.1 Å². The van der Waals surface area contributed by atoms with Gasteiger partial charge in [0.1, 0.15) is 5.75 Å². The molecule has 1 saturated heterocycles. The van der Waals surface area contributed by atoms with Crippen molar-refractivity contribution in [1.29, 1.82) is 0 Å². The zero-order chi connectivity index (χ0) is 14.2. The van der Waals surface area contributed by atoms with Gasteiger partial charge in [-0.3, -0.25) is 4.98 Å². The summed E-state index contributed by atoms with van der Waals surface area (Å²) in [7, 11) is 1.70. The summed E-state index contributed by atoms with van der Waals surface area (Å²) in [6, 6.07) is 2.53. The molecule has 1 aliphatic heterocycles. The largest absolute Gasteiger partial charge is 0.495 e. The topological polar surface area (TPSA) is 34.2 Å². The molecule has 0 spiro atoms. The molecule has 2 heterocycles. The number of rotatable bonds is 7. The van der Waals surface area contributed by atoms with Gasteiger partial charge in [-0.05, 0) is 61.3 Å². The van der Waals surface area contributed by atoms with Crippen LogP contribution in [-0.4, -0.2) is 30.1 Å². The second-order valence-electron chi connectivity index (χ2n) is 5.46. The van der Waals surface area contributed by atoms with Crippen LogP contribution in [0.25, 0.3) is 0 Å². The van der Waals surface area contributed by atoms with Crippen molar-refractivity contribution >= 4 is 11.8 Å². The van der Waals surface area contributed by atoms with Crippen molar-refractivity contribution in [3.8, 4) is 5.75 Å². The standard InChI is InChI=1S/C16H26N2OS/c1-3-6-18-16(9-13-4-7-20-8-5-13)14-10-15(19-2)12-17-11-14/h10-13,16,18H,3-9H2,1-2H3. The second kappa shape index (κ2) is 8.53. The van der Waals surface area contributed by atoms with E-state index in [2.05, 4.69) is 35.1 Å². The number of aromatic nitrogens is 1. The van der Waals surface area contributed by atoms with E-state index in [1.165, 1.54) is 36.3 Å². The van der Waals surface area contributed by atoms with Crippen LogP contribution >= 0.6 is 11.8 Å². The predicted molar refractivity (Wildman–Crippen MR) is 86.5 cm³/mol. The summed E-state index contributed by atoms with van der Waals surface area (Å²) in [4.78, 5) is 4.31. The molecule has 3 nitrogen and oxygen atoms in total. The molecule has 1 atom stereocenters. The van der Waals surface area contributed by atoms with Crippen LogP contribution in [0.5, 0.6) is 5.75 Å². The third-order valence-corrected chi connectivity index (χ3v) is 4.97. The molecule has 20 heavy (non-hydrogen) atoms. The Balaban J connectivity index is 2.04. The molecule has 4 heteroatoms. The van der Waals surface area contributed by atoms with E-state index in [0.717, 1.165) is 24.6 Å². The molecule has 1 aliphatic rings. The maximum atomic E-state index is 5.31. The fraction of sp³-hybridized carbons (Fsp3) is 0.688. The van der Waals surface area contributed by atoms with E-state index in [9.17, 15) is 0 Å². The number of hydrogen-bond donors (Lipinski definition) is 1. The molecule has 1 aromatic heterocycles. The highest BCUT2D eigenvalue weighted by Crippen LogP contribution is 2.31. The van der Waals surface area contributed by atoms with Crippen LogP contribution in [0.1, 0.15) is 44.2 Å². The zero-order valence-corrected chi connectivity index (χ0v) is 13.4. The first kappa shape index (κ1) is 15.6. The van der Waals surface area contributed by atoms with Crippen LogP contribution in [0.4, 0.5) is 0 Å². The molecule has 112 valence electrons. The van der Waals surface area contributed by atoms with Crippen LogP contribution in [-0.2, 0) is 0 Å². The Labute approximate surface area is 126 Å². The average Bonchev–Trinajstić information content (AvgIpc) is 2.52. The zero-order valence-electron chi connectivity index (χ0n) is 12.6. The Hall–Kier alpha value is -0.740. The molecule has 0 bridgehead atoms. The maximum absolute atomic E-state index is 5.31. The minimum Gasteiger partial charge on any atom is -0.495 e. The number of pyridine rings is 1. The van der Waals surface area contributed by atoms with Crippen LogP contribution in [0.3, 0.4) is 0 Å². The molecule has 0 aliphatic carbocycles. The fourth-order valence-corrected chi connectivity index (χ4v) is 3.91. The lowest BCUT2D eigenvalue weighted by Crippen LogP contribution is -2.26. The minimum atomic E-state index is 0.408. The maximum Gasteiger partial charge on any atom is 0.137 e. The normalized spacial score (nSPS) is 17.9. The number of nitrogens with one attached hydrogen (secondary N) is 1. The molecular weight excluding hydrogens is 268 g/mol. The Bertz CT molecular complexity index is 394. The van der Waals surface area contributed by atoms with Crippen LogP contribution in [0.2, 0.25) is 0 Å². The van der Waals surface area contributed by atoms with Gasteiger partial charge in [-0.25, -0.2) is 0 Å². The molecule has 1 aromatic rings. The first-order valence-corrected chi connectivity index (χ1v) is 8.79. The van der Waals surface area contributed by atoms with Crippen molar-refractivity contribution in [2.24, 2.45) is 5.92 Å². The van der Waals surface area contributed by atoms with Gasteiger partial charge >= 0.3 is 0 Å². The van der Waals surface area contributed by atoms with Crippen molar-refractivity contribution in [3.63, 3.8) is 0 Å². The van der Waals surface area contributed by atoms with Gasteiger partial charge in [0.05, 0.1) is 13.3 Å². The van der Waals surface area contributed by atoms with Gasteiger partial charge in [-0.2, -0.15) is 11.8 Å². The first-order chi connectivity index (χ1) is 9.83. The molecule has 0 aromatic carbocycles. The summed E-state index contributed by atoms with van der Waals surface area (Å²) in [6.45, 7) is 3.27. The SMILES string of the molecule is CCCNC(CC1CCSCC1)c1cncc(OC)c1. The lowest BCUT2D eigenvalue weighted by molar-refractivity contribution is 0.367. The monoisotopic (exact) mass is 294 g/mol. The Morgan fingerprint density at radius 2 is 2.20 bits per heavy atom. The van der Waals surface area contributed by atoms with E-state index in [4.69, 9.17) is 4.74 Å². The van der Waals surface area contributed by atoms with Crippen molar-refractivity contribution in [2.75, 3.05) is 25.2 Å². The lowest BCUT2D eigenvalue weighted by Gasteiger charge is -2.27. The van der Waals surface area contributed by atoms with Crippen LogP contribution < -0.4 is 10.1 Å². The number of nitrogens with zero attached hydrogens (tertiary/aromatic N) is 1. The highest BCUT2D eigenvalue weighted by molar-refractivity contribution is 7.99. The van der Waals surface area contributed by atoms with Gasteiger partial charge in [0, 0.05) is 12.2 Å². The number of thioether (sulfide) groups is 1. The Morgan fingerprint density at radius 3 is 2.90 bits per heavy atom. The lowest BCUT2D eigenvalue weighted by atomic mass is 9.91. The third kappa shape index (κ3) is 4.67. The van der Waals surface area contributed by atoms with Gasteiger partial charge in [0.25, 0.3) is 0 Å².